The second-order valence-electron chi connectivity index (χ2n) is 9.39. The molecule has 0 spiro atoms. The number of hydrogen-bond acceptors (Lipinski definition) is 9. The number of aromatic nitrogens is 3. The van der Waals surface area contributed by atoms with E-state index in [1.54, 1.807) is 41.8 Å². The average Bonchev–Trinajstić information content (AvgIpc) is 3.43. The van der Waals surface area contributed by atoms with Crippen molar-refractivity contribution in [2.24, 2.45) is 0 Å². The summed E-state index contributed by atoms with van der Waals surface area (Å²) in [7, 11) is 0. The first-order valence-electron chi connectivity index (χ1n) is 12.9. The van der Waals surface area contributed by atoms with Gasteiger partial charge in [-0.25, -0.2) is 15.0 Å². The van der Waals surface area contributed by atoms with Gasteiger partial charge in [-0.15, -0.1) is 23.1 Å². The van der Waals surface area contributed by atoms with Gasteiger partial charge in [0.25, 0.3) is 0 Å². The molecule has 1 saturated heterocycles. The van der Waals surface area contributed by atoms with Crippen LogP contribution in [-0.4, -0.2) is 44.6 Å². The lowest BCUT2D eigenvalue weighted by molar-refractivity contribution is -0.129. The lowest BCUT2D eigenvalue weighted by Crippen LogP contribution is -2.36. The van der Waals surface area contributed by atoms with E-state index in [2.05, 4.69) is 21.8 Å². The molecule has 0 radical (unpaired) electrons. The van der Waals surface area contributed by atoms with E-state index in [1.165, 1.54) is 0 Å². The first-order chi connectivity index (χ1) is 19.5. The van der Waals surface area contributed by atoms with Gasteiger partial charge < -0.3 is 15.0 Å². The minimum absolute atomic E-state index is 0.139. The lowest BCUT2D eigenvalue weighted by Gasteiger charge is -2.30. The van der Waals surface area contributed by atoms with Crippen molar-refractivity contribution in [3.63, 3.8) is 0 Å². The molecule has 7 nitrogen and oxygen atoms in total. The van der Waals surface area contributed by atoms with Crippen LogP contribution < -0.4 is 10.1 Å². The quantitative estimate of drug-likeness (QED) is 0.211. The molecule has 5 heterocycles. The van der Waals surface area contributed by atoms with Crippen molar-refractivity contribution >= 4 is 69.4 Å². The molecule has 1 amide bonds. The number of fused-ring (bicyclic) bond motifs is 1. The Kier molecular flexibility index (Phi) is 8.29. The molecule has 2 aliphatic heterocycles. The Bertz CT molecular complexity index is 1550. The summed E-state index contributed by atoms with van der Waals surface area (Å²) in [5.74, 6) is 3.30. The zero-order valence-corrected chi connectivity index (χ0v) is 24.9. The van der Waals surface area contributed by atoms with E-state index in [9.17, 15) is 4.79 Å². The fraction of sp³-hybridized carbons (Fsp3) is 0.241. The van der Waals surface area contributed by atoms with E-state index in [0.717, 1.165) is 68.6 Å². The summed E-state index contributed by atoms with van der Waals surface area (Å²) in [6.07, 6.45) is 7.79. The van der Waals surface area contributed by atoms with Crippen molar-refractivity contribution in [1.82, 2.24) is 19.9 Å². The summed E-state index contributed by atoms with van der Waals surface area (Å²) in [6, 6.07) is 13.6. The van der Waals surface area contributed by atoms with Crippen molar-refractivity contribution in [3.8, 4) is 11.5 Å². The third-order valence-electron chi connectivity index (χ3n) is 6.67. The molecule has 6 rings (SSSR count). The highest BCUT2D eigenvalue weighted by atomic mass is 35.5. The Balaban J connectivity index is 1.25. The molecule has 0 bridgehead atoms. The fourth-order valence-electron chi connectivity index (χ4n) is 4.64. The van der Waals surface area contributed by atoms with Crippen LogP contribution in [0.3, 0.4) is 0 Å². The largest absolute Gasteiger partial charge is 0.453 e. The number of halogens is 1. The van der Waals surface area contributed by atoms with Crippen LogP contribution in [0.4, 0.5) is 10.9 Å². The van der Waals surface area contributed by atoms with Crippen LogP contribution in [0.5, 0.6) is 11.5 Å². The molecular formula is C29H26ClN5O2S3. The van der Waals surface area contributed by atoms with Crippen molar-refractivity contribution in [1.29, 1.82) is 0 Å². The number of carbonyl (C=O) groups is 1. The number of ether oxygens (including phenoxy) is 1. The highest BCUT2D eigenvalue weighted by molar-refractivity contribution is 8.02. The Hall–Kier alpha value is -3.05. The lowest BCUT2D eigenvalue weighted by atomic mass is 9.94. The smallest absolute Gasteiger partial charge is 0.219 e. The fourth-order valence-corrected chi connectivity index (χ4v) is 7.72. The SMILES string of the molecule is CC(=O)N1CCC(c2csc(Nc3ncc(Sc4cc(Cl)nc5c4SCC=C5)cc3Oc3ccccc3)n2)CC1. The maximum absolute atomic E-state index is 11.7. The third-order valence-corrected chi connectivity index (χ3v) is 9.84. The van der Waals surface area contributed by atoms with Gasteiger partial charge >= 0.3 is 0 Å². The summed E-state index contributed by atoms with van der Waals surface area (Å²) in [6.45, 7) is 3.18. The highest BCUT2D eigenvalue weighted by Gasteiger charge is 2.24. The van der Waals surface area contributed by atoms with Crippen LogP contribution in [0.15, 0.2) is 74.8 Å². The molecule has 0 aliphatic carbocycles. The number of thiazole rings is 1. The average molecular weight is 608 g/mol. The predicted octanol–water partition coefficient (Wildman–Crippen LogP) is 8.12. The van der Waals surface area contributed by atoms with Gasteiger partial charge in [0.05, 0.1) is 11.4 Å². The van der Waals surface area contributed by atoms with Gasteiger partial charge in [0.15, 0.2) is 16.7 Å². The van der Waals surface area contributed by atoms with Crippen molar-refractivity contribution in [2.45, 2.75) is 40.4 Å². The van der Waals surface area contributed by atoms with Crippen LogP contribution in [0, 0.1) is 0 Å². The Morgan fingerprint density at radius 1 is 1.18 bits per heavy atom. The van der Waals surface area contributed by atoms with Gasteiger partial charge in [-0.1, -0.05) is 47.6 Å². The Labute approximate surface area is 250 Å². The molecular weight excluding hydrogens is 582 g/mol. The zero-order chi connectivity index (χ0) is 27.5. The molecule has 0 saturated carbocycles. The number of hydrogen-bond donors (Lipinski definition) is 1. The molecule has 204 valence electrons. The van der Waals surface area contributed by atoms with E-state index in [-0.39, 0.29) is 5.91 Å². The van der Waals surface area contributed by atoms with E-state index >= 15 is 0 Å². The number of benzene rings is 1. The van der Waals surface area contributed by atoms with Crippen LogP contribution >= 0.6 is 46.5 Å². The molecule has 2 aliphatic rings. The summed E-state index contributed by atoms with van der Waals surface area (Å²) < 4.78 is 6.30. The number of amides is 1. The summed E-state index contributed by atoms with van der Waals surface area (Å²) in [5, 5.41) is 6.70. The van der Waals surface area contributed by atoms with Crippen LogP contribution in [0.25, 0.3) is 6.08 Å². The third kappa shape index (κ3) is 6.30. The number of thioether (sulfide) groups is 1. The van der Waals surface area contributed by atoms with Gasteiger partial charge in [-0.05, 0) is 37.1 Å². The molecule has 0 unspecified atom stereocenters. The number of rotatable bonds is 7. The molecule has 1 aromatic carbocycles. The zero-order valence-electron chi connectivity index (χ0n) is 21.7. The first kappa shape index (κ1) is 27.1. The van der Waals surface area contributed by atoms with Crippen molar-refractivity contribution in [3.05, 3.63) is 76.7 Å². The molecule has 11 heteroatoms. The number of likely N-dealkylation sites (tertiary alicyclic amines) is 1. The van der Waals surface area contributed by atoms with Crippen molar-refractivity contribution < 1.29 is 9.53 Å². The second-order valence-corrected chi connectivity index (χ2v) is 12.8. The summed E-state index contributed by atoms with van der Waals surface area (Å²) in [5.41, 5.74) is 1.95. The van der Waals surface area contributed by atoms with Crippen LogP contribution in [-0.2, 0) is 4.79 Å². The van der Waals surface area contributed by atoms with Gasteiger partial charge in [0.2, 0.25) is 5.91 Å². The van der Waals surface area contributed by atoms with Crippen LogP contribution in [0.1, 0.15) is 37.1 Å². The van der Waals surface area contributed by atoms with E-state index in [1.807, 2.05) is 59.6 Å². The molecule has 0 atom stereocenters. The molecule has 1 fully saturated rings. The number of piperidine rings is 1. The highest BCUT2D eigenvalue weighted by Crippen LogP contribution is 2.43. The summed E-state index contributed by atoms with van der Waals surface area (Å²) in [4.78, 5) is 30.8. The topological polar surface area (TPSA) is 80.2 Å². The first-order valence-corrected chi connectivity index (χ1v) is 16.0. The van der Waals surface area contributed by atoms with Gasteiger partial charge in [0, 0.05) is 64.0 Å². The molecule has 40 heavy (non-hydrogen) atoms. The standard InChI is InChI=1S/C29H26ClN5O2S3/c1-18(36)35-11-9-19(10-12-35)23-17-39-29(33-23)34-28-24(37-20-6-3-2-4-7-20)14-21(16-31-28)40-25-15-26(30)32-22-8-5-13-38-27(22)25/h2-8,14-17,19H,9-13H2,1H3,(H,31,33,34). The Morgan fingerprint density at radius 3 is 2.80 bits per heavy atom. The number of pyridine rings is 2. The predicted molar refractivity (Wildman–Crippen MR) is 164 cm³/mol. The molecule has 3 aromatic heterocycles. The second kappa shape index (κ2) is 12.2. The summed E-state index contributed by atoms with van der Waals surface area (Å²) >= 11 is 11.2. The minimum Gasteiger partial charge on any atom is -0.453 e. The van der Waals surface area contributed by atoms with Crippen molar-refractivity contribution in [2.75, 3.05) is 24.2 Å². The van der Waals surface area contributed by atoms with E-state index in [4.69, 9.17) is 26.3 Å². The van der Waals surface area contributed by atoms with Gasteiger partial charge in [-0.3, -0.25) is 4.79 Å². The number of nitrogens with zero attached hydrogens (tertiary/aromatic N) is 4. The maximum atomic E-state index is 11.7. The van der Waals surface area contributed by atoms with E-state index < -0.39 is 0 Å². The van der Waals surface area contributed by atoms with E-state index in [0.29, 0.717) is 22.6 Å². The monoisotopic (exact) mass is 607 g/mol. The minimum atomic E-state index is 0.139. The maximum Gasteiger partial charge on any atom is 0.219 e. The number of nitrogens with one attached hydrogen (secondary N) is 1. The molecule has 1 N–H and O–H groups in total. The normalized spacial score (nSPS) is 15.1. The van der Waals surface area contributed by atoms with Gasteiger partial charge in [-0.2, -0.15) is 0 Å². The number of anilines is 2. The van der Waals surface area contributed by atoms with Crippen LogP contribution in [0.2, 0.25) is 5.15 Å². The molecule has 4 aromatic rings. The van der Waals surface area contributed by atoms with Gasteiger partial charge in [0.1, 0.15) is 10.9 Å². The Morgan fingerprint density at radius 2 is 2.00 bits per heavy atom. The number of para-hydroxylation sites is 1. The number of carbonyl (C=O) groups excluding carboxylic acids is 1.